The van der Waals surface area contributed by atoms with Crippen LogP contribution in [0.4, 0.5) is 5.69 Å². The maximum absolute atomic E-state index is 10.6. The number of para-hydroxylation sites is 1. The molecule has 0 radical (unpaired) electrons. The number of hydrogen-bond acceptors (Lipinski definition) is 3. The number of nitro groups is 1. The minimum Gasteiger partial charge on any atom is -0.355 e. The van der Waals surface area contributed by atoms with Gasteiger partial charge >= 0.3 is 0 Å². The third-order valence-electron chi connectivity index (χ3n) is 2.05. The average Bonchev–Trinajstić information content (AvgIpc) is 2.60. The van der Waals surface area contributed by atoms with E-state index in [0.29, 0.717) is 22.8 Å². The fourth-order valence-corrected chi connectivity index (χ4v) is 1.41. The highest BCUT2D eigenvalue weighted by molar-refractivity contribution is 6.00. The van der Waals surface area contributed by atoms with Gasteiger partial charge < -0.3 is 4.98 Å². The Morgan fingerprint density at radius 2 is 2.21 bits per heavy atom. The number of carbonyl (C=O) groups is 1. The largest absolute Gasteiger partial charge is 0.355 e. The minimum atomic E-state index is -0.479. The summed E-state index contributed by atoms with van der Waals surface area (Å²) in [5.41, 5.74) is 0.925. The molecule has 1 aromatic heterocycles. The highest BCUT2D eigenvalue weighted by Gasteiger charge is 2.14. The highest BCUT2D eigenvalue weighted by atomic mass is 16.6. The second-order valence-electron chi connectivity index (χ2n) is 2.82. The zero-order valence-electron chi connectivity index (χ0n) is 7.06. The number of carbonyl (C=O) groups excluding carboxylic acids is 1. The molecule has 0 saturated carbocycles. The Kier molecular flexibility index (Phi) is 1.78. The third kappa shape index (κ3) is 1.06. The Bertz CT molecular complexity index is 516. The second kappa shape index (κ2) is 2.95. The van der Waals surface area contributed by atoms with Crippen molar-refractivity contribution in [3.8, 4) is 0 Å². The van der Waals surface area contributed by atoms with Crippen LogP contribution in [0.5, 0.6) is 0 Å². The molecule has 5 nitrogen and oxygen atoms in total. The van der Waals surface area contributed by atoms with Crippen LogP contribution in [0.25, 0.3) is 10.9 Å². The average molecular weight is 190 g/mol. The maximum Gasteiger partial charge on any atom is 0.294 e. The molecule has 0 aliphatic carbocycles. The zero-order chi connectivity index (χ0) is 10.1. The van der Waals surface area contributed by atoms with Crippen molar-refractivity contribution >= 4 is 22.9 Å². The van der Waals surface area contributed by atoms with Crippen molar-refractivity contribution in [1.29, 1.82) is 0 Å². The molecule has 1 aromatic carbocycles. The van der Waals surface area contributed by atoms with E-state index in [9.17, 15) is 14.9 Å². The van der Waals surface area contributed by atoms with E-state index in [1.165, 1.54) is 6.20 Å². The molecule has 0 bridgehead atoms. The van der Waals surface area contributed by atoms with Crippen molar-refractivity contribution in [2.24, 2.45) is 0 Å². The molecule has 1 N–H and O–H groups in total. The Labute approximate surface area is 78.5 Å². The van der Waals surface area contributed by atoms with Crippen LogP contribution in [0, 0.1) is 10.1 Å². The lowest BCUT2D eigenvalue weighted by Gasteiger charge is -1.92. The lowest BCUT2D eigenvalue weighted by Crippen LogP contribution is -1.85. The van der Waals surface area contributed by atoms with Crippen molar-refractivity contribution in [3.05, 3.63) is 40.1 Å². The smallest absolute Gasteiger partial charge is 0.294 e. The molecule has 0 amide bonds. The number of aromatic nitrogens is 1. The van der Waals surface area contributed by atoms with Gasteiger partial charge in [0.15, 0.2) is 6.29 Å². The topological polar surface area (TPSA) is 76.0 Å². The summed E-state index contributed by atoms with van der Waals surface area (Å²) in [5, 5.41) is 11.0. The Hall–Kier alpha value is -2.17. The third-order valence-corrected chi connectivity index (χ3v) is 2.05. The normalized spacial score (nSPS) is 10.3. The number of hydrogen-bond donors (Lipinski definition) is 1. The van der Waals surface area contributed by atoms with Crippen molar-refractivity contribution < 1.29 is 9.72 Å². The second-order valence-corrected chi connectivity index (χ2v) is 2.82. The summed E-state index contributed by atoms with van der Waals surface area (Å²) in [4.78, 5) is 23.4. The van der Waals surface area contributed by atoms with Crippen LogP contribution in [-0.4, -0.2) is 16.2 Å². The number of H-pyrrole nitrogens is 1. The van der Waals surface area contributed by atoms with Crippen LogP contribution >= 0.6 is 0 Å². The first kappa shape index (κ1) is 8.43. The molecule has 2 aromatic rings. The molecule has 0 atom stereocenters. The van der Waals surface area contributed by atoms with Gasteiger partial charge in [-0.1, -0.05) is 6.07 Å². The molecule has 0 aliphatic heterocycles. The molecular weight excluding hydrogens is 184 g/mol. The van der Waals surface area contributed by atoms with Gasteiger partial charge in [-0.3, -0.25) is 14.9 Å². The number of aromatic amines is 1. The van der Waals surface area contributed by atoms with Gasteiger partial charge in [-0.15, -0.1) is 0 Å². The molecule has 1 heterocycles. The van der Waals surface area contributed by atoms with Gasteiger partial charge in [-0.25, -0.2) is 0 Å². The zero-order valence-corrected chi connectivity index (χ0v) is 7.06. The van der Waals surface area contributed by atoms with Gasteiger partial charge in [0.25, 0.3) is 5.69 Å². The number of benzene rings is 1. The fraction of sp³-hybridized carbons (Fsp3) is 0. The number of fused-ring (bicyclic) bond motifs is 1. The molecule has 70 valence electrons. The van der Waals surface area contributed by atoms with Crippen molar-refractivity contribution in [1.82, 2.24) is 4.98 Å². The maximum atomic E-state index is 10.6. The Morgan fingerprint density at radius 1 is 1.43 bits per heavy atom. The van der Waals surface area contributed by atoms with Crippen LogP contribution in [0.2, 0.25) is 0 Å². The minimum absolute atomic E-state index is 0.0105. The predicted octanol–water partition coefficient (Wildman–Crippen LogP) is 1.89. The van der Waals surface area contributed by atoms with Gasteiger partial charge in [-0.2, -0.15) is 0 Å². The Balaban J connectivity index is 2.82. The summed E-state index contributed by atoms with van der Waals surface area (Å²) in [7, 11) is 0. The summed E-state index contributed by atoms with van der Waals surface area (Å²) in [6, 6.07) is 4.83. The first-order chi connectivity index (χ1) is 6.74. The summed E-state index contributed by atoms with van der Waals surface area (Å²) in [6.45, 7) is 0. The van der Waals surface area contributed by atoms with Crippen LogP contribution in [0.15, 0.2) is 24.4 Å². The molecule has 0 aliphatic rings. The summed E-state index contributed by atoms with van der Waals surface area (Å²) >= 11 is 0. The monoisotopic (exact) mass is 190 g/mol. The molecule has 14 heavy (non-hydrogen) atoms. The van der Waals surface area contributed by atoms with Gasteiger partial charge in [0.1, 0.15) is 0 Å². The Morgan fingerprint density at radius 3 is 2.86 bits per heavy atom. The van der Waals surface area contributed by atoms with E-state index < -0.39 is 4.92 Å². The molecule has 0 unspecified atom stereocenters. The first-order valence-electron chi connectivity index (χ1n) is 3.93. The highest BCUT2D eigenvalue weighted by Crippen LogP contribution is 2.26. The molecule has 0 fully saturated rings. The van der Waals surface area contributed by atoms with E-state index in [1.807, 2.05) is 0 Å². The summed E-state index contributed by atoms with van der Waals surface area (Å²) in [5.74, 6) is 0. The van der Waals surface area contributed by atoms with E-state index in [1.54, 1.807) is 18.2 Å². The number of nitrogens with one attached hydrogen (secondary N) is 1. The van der Waals surface area contributed by atoms with Gasteiger partial charge in [-0.05, 0) is 12.1 Å². The number of nitrogens with zero attached hydrogens (tertiary/aromatic N) is 1. The lowest BCUT2D eigenvalue weighted by molar-refractivity contribution is -0.383. The fourth-order valence-electron chi connectivity index (χ4n) is 1.41. The van der Waals surface area contributed by atoms with E-state index >= 15 is 0 Å². The van der Waals surface area contributed by atoms with E-state index in [4.69, 9.17) is 0 Å². The van der Waals surface area contributed by atoms with Crippen LogP contribution < -0.4 is 0 Å². The quantitative estimate of drug-likeness (QED) is 0.446. The first-order valence-corrected chi connectivity index (χ1v) is 3.93. The van der Waals surface area contributed by atoms with Crippen LogP contribution in [0.1, 0.15) is 10.4 Å². The summed E-state index contributed by atoms with van der Waals surface area (Å²) in [6.07, 6.45) is 1.96. The van der Waals surface area contributed by atoms with Crippen LogP contribution in [0.3, 0.4) is 0 Å². The molecule has 0 saturated heterocycles. The standard InChI is InChI=1S/C9H6N2O3/c12-5-6-2-1-3-7-8(11(13)14)4-10-9(6)7/h1-5,10H. The predicted molar refractivity (Wildman–Crippen MR) is 50.3 cm³/mol. The van der Waals surface area contributed by atoms with E-state index in [0.717, 1.165) is 0 Å². The molecule has 2 rings (SSSR count). The van der Waals surface area contributed by atoms with E-state index in [-0.39, 0.29) is 5.69 Å². The molecule has 5 heteroatoms. The van der Waals surface area contributed by atoms with E-state index in [2.05, 4.69) is 4.98 Å². The van der Waals surface area contributed by atoms with Gasteiger partial charge in [0.2, 0.25) is 0 Å². The van der Waals surface area contributed by atoms with Gasteiger partial charge in [0.05, 0.1) is 22.0 Å². The number of rotatable bonds is 2. The summed E-state index contributed by atoms with van der Waals surface area (Å²) < 4.78 is 0. The van der Waals surface area contributed by atoms with Crippen molar-refractivity contribution in [3.63, 3.8) is 0 Å². The van der Waals surface area contributed by atoms with Crippen molar-refractivity contribution in [2.75, 3.05) is 0 Å². The molecule has 0 spiro atoms. The SMILES string of the molecule is O=Cc1cccc2c([N+](=O)[O-])c[nH]c12. The van der Waals surface area contributed by atoms with Crippen LogP contribution in [-0.2, 0) is 0 Å². The number of aldehydes is 1. The van der Waals surface area contributed by atoms with Gasteiger partial charge in [0, 0.05) is 5.56 Å². The molecular formula is C9H6N2O3. The van der Waals surface area contributed by atoms with Crippen molar-refractivity contribution in [2.45, 2.75) is 0 Å². The lowest BCUT2D eigenvalue weighted by atomic mass is 10.1.